The summed E-state index contributed by atoms with van der Waals surface area (Å²) < 4.78 is 2.42. The minimum Gasteiger partial charge on any atom is -0.306 e. The van der Waals surface area contributed by atoms with Crippen LogP contribution in [0.25, 0.3) is 0 Å². The highest BCUT2D eigenvalue weighted by atomic mass is 127. The third-order valence-corrected chi connectivity index (χ3v) is 4.39. The second-order valence-corrected chi connectivity index (χ2v) is 6.56. The summed E-state index contributed by atoms with van der Waals surface area (Å²) in [7, 11) is 0. The maximum Gasteiger partial charge on any atom is 0.0588 e. The van der Waals surface area contributed by atoms with Gasteiger partial charge in [0.05, 0.1) is 6.04 Å². The lowest BCUT2D eigenvalue weighted by Crippen LogP contribution is -2.23. The molecule has 0 aliphatic rings. The van der Waals surface area contributed by atoms with Gasteiger partial charge in [0.25, 0.3) is 0 Å². The molecule has 0 aliphatic heterocycles. The van der Waals surface area contributed by atoms with Crippen molar-refractivity contribution in [2.24, 2.45) is 0 Å². The van der Waals surface area contributed by atoms with E-state index in [1.807, 2.05) is 0 Å². The Morgan fingerprint density at radius 1 is 1.16 bits per heavy atom. The topological polar surface area (TPSA) is 12.0 Å². The standard InChI is InChI=1S/C16H17BrIN/c1-2-10-19-16(12-6-4-3-5-7-12)14-11-13(18)8-9-15(14)17/h3-9,11,16,19H,2,10H2,1H3. The first-order valence-corrected chi connectivity index (χ1v) is 8.33. The Hall–Kier alpha value is -0.390. The van der Waals surface area contributed by atoms with Gasteiger partial charge in [0.1, 0.15) is 0 Å². The van der Waals surface area contributed by atoms with E-state index in [-0.39, 0.29) is 6.04 Å². The van der Waals surface area contributed by atoms with Crippen LogP contribution in [0.1, 0.15) is 30.5 Å². The van der Waals surface area contributed by atoms with Gasteiger partial charge < -0.3 is 5.32 Å². The second-order valence-electron chi connectivity index (χ2n) is 4.46. The molecule has 3 heteroatoms. The first-order valence-electron chi connectivity index (χ1n) is 6.45. The van der Waals surface area contributed by atoms with Crippen molar-refractivity contribution in [2.45, 2.75) is 19.4 Å². The largest absolute Gasteiger partial charge is 0.306 e. The minimum absolute atomic E-state index is 0.241. The SMILES string of the molecule is CCCNC(c1ccccc1)c1cc(I)ccc1Br. The van der Waals surface area contributed by atoms with Crippen molar-refractivity contribution in [3.8, 4) is 0 Å². The molecule has 0 aliphatic carbocycles. The Morgan fingerprint density at radius 3 is 2.58 bits per heavy atom. The molecule has 100 valence electrons. The van der Waals surface area contributed by atoms with E-state index in [0.717, 1.165) is 17.4 Å². The zero-order valence-corrected chi connectivity index (χ0v) is 14.6. The molecule has 2 rings (SSSR count). The Bertz CT molecular complexity index is 528. The number of hydrogen-bond donors (Lipinski definition) is 1. The third-order valence-electron chi connectivity index (χ3n) is 3.00. The van der Waals surface area contributed by atoms with Crippen molar-refractivity contribution in [1.29, 1.82) is 0 Å². The van der Waals surface area contributed by atoms with Crippen LogP contribution in [0.3, 0.4) is 0 Å². The summed E-state index contributed by atoms with van der Waals surface area (Å²) in [5.74, 6) is 0. The fraction of sp³-hybridized carbons (Fsp3) is 0.250. The van der Waals surface area contributed by atoms with Crippen molar-refractivity contribution in [3.63, 3.8) is 0 Å². The van der Waals surface area contributed by atoms with Gasteiger partial charge in [-0.3, -0.25) is 0 Å². The lowest BCUT2D eigenvalue weighted by Gasteiger charge is -2.21. The van der Waals surface area contributed by atoms with Crippen LogP contribution in [0, 0.1) is 3.57 Å². The quantitative estimate of drug-likeness (QED) is 0.648. The highest BCUT2D eigenvalue weighted by molar-refractivity contribution is 14.1. The van der Waals surface area contributed by atoms with Crippen molar-refractivity contribution >= 4 is 38.5 Å². The highest BCUT2D eigenvalue weighted by Gasteiger charge is 2.16. The average molecular weight is 430 g/mol. The smallest absolute Gasteiger partial charge is 0.0588 e. The molecule has 19 heavy (non-hydrogen) atoms. The van der Waals surface area contributed by atoms with Gasteiger partial charge in [-0.05, 0) is 64.9 Å². The van der Waals surface area contributed by atoms with Crippen molar-refractivity contribution in [1.82, 2.24) is 5.32 Å². The van der Waals surface area contributed by atoms with Crippen molar-refractivity contribution < 1.29 is 0 Å². The van der Waals surface area contributed by atoms with Gasteiger partial charge in [0.2, 0.25) is 0 Å². The molecule has 0 saturated heterocycles. The van der Waals surface area contributed by atoms with E-state index in [1.165, 1.54) is 14.7 Å². The van der Waals surface area contributed by atoms with Gasteiger partial charge in [-0.1, -0.05) is 53.2 Å². The Balaban J connectivity index is 2.40. The molecule has 1 nitrogen and oxygen atoms in total. The van der Waals surface area contributed by atoms with Gasteiger partial charge >= 0.3 is 0 Å². The van der Waals surface area contributed by atoms with E-state index in [1.54, 1.807) is 0 Å². The maximum atomic E-state index is 3.68. The molecule has 1 N–H and O–H groups in total. The molecular weight excluding hydrogens is 413 g/mol. The first-order chi connectivity index (χ1) is 9.22. The van der Waals surface area contributed by atoms with Gasteiger partial charge in [-0.15, -0.1) is 0 Å². The molecule has 1 atom stereocenters. The Labute approximate surface area is 137 Å². The summed E-state index contributed by atoms with van der Waals surface area (Å²) in [6, 6.07) is 17.3. The average Bonchev–Trinajstić information content (AvgIpc) is 2.44. The summed E-state index contributed by atoms with van der Waals surface area (Å²) in [6.45, 7) is 3.20. The molecule has 0 amide bonds. The fourth-order valence-corrected chi connectivity index (χ4v) is 3.07. The molecule has 0 bridgehead atoms. The van der Waals surface area contributed by atoms with E-state index in [4.69, 9.17) is 0 Å². The van der Waals surface area contributed by atoms with E-state index in [9.17, 15) is 0 Å². The van der Waals surface area contributed by atoms with Gasteiger partial charge in [0, 0.05) is 8.04 Å². The molecule has 0 aromatic heterocycles. The molecule has 2 aromatic carbocycles. The van der Waals surface area contributed by atoms with E-state index < -0.39 is 0 Å². The zero-order chi connectivity index (χ0) is 13.7. The Morgan fingerprint density at radius 2 is 1.89 bits per heavy atom. The maximum absolute atomic E-state index is 3.68. The molecular formula is C16H17BrIN. The summed E-state index contributed by atoms with van der Waals surface area (Å²) in [6.07, 6.45) is 1.13. The monoisotopic (exact) mass is 429 g/mol. The molecule has 1 unspecified atom stereocenters. The van der Waals surface area contributed by atoms with E-state index in [0.29, 0.717) is 0 Å². The minimum atomic E-state index is 0.241. The predicted octanol–water partition coefficient (Wildman–Crippen LogP) is 5.14. The number of nitrogens with one attached hydrogen (secondary N) is 1. The van der Waals surface area contributed by atoms with E-state index >= 15 is 0 Å². The highest BCUT2D eigenvalue weighted by Crippen LogP contribution is 2.30. The van der Waals surface area contributed by atoms with Crippen LogP contribution in [-0.4, -0.2) is 6.54 Å². The zero-order valence-electron chi connectivity index (χ0n) is 10.9. The number of benzene rings is 2. The molecule has 0 spiro atoms. The van der Waals surface area contributed by atoms with Crippen LogP contribution in [0.5, 0.6) is 0 Å². The van der Waals surface area contributed by atoms with Crippen LogP contribution >= 0.6 is 38.5 Å². The molecule has 2 aromatic rings. The van der Waals surface area contributed by atoms with Crippen LogP contribution in [0.15, 0.2) is 53.0 Å². The molecule has 0 fully saturated rings. The van der Waals surface area contributed by atoms with Crippen LogP contribution in [0.2, 0.25) is 0 Å². The summed E-state index contributed by atoms with van der Waals surface area (Å²) in [5.41, 5.74) is 2.60. The van der Waals surface area contributed by atoms with Gasteiger partial charge in [0.15, 0.2) is 0 Å². The normalized spacial score (nSPS) is 12.4. The number of hydrogen-bond acceptors (Lipinski definition) is 1. The number of halogens is 2. The van der Waals surface area contributed by atoms with Crippen molar-refractivity contribution in [2.75, 3.05) is 6.54 Å². The summed E-state index contributed by atoms with van der Waals surface area (Å²) in [5, 5.41) is 3.64. The number of rotatable bonds is 5. The fourth-order valence-electron chi connectivity index (χ4n) is 2.08. The molecule has 0 radical (unpaired) electrons. The first kappa shape index (κ1) is 15.0. The second kappa shape index (κ2) is 7.41. The molecule has 0 heterocycles. The van der Waals surface area contributed by atoms with Crippen LogP contribution in [0.4, 0.5) is 0 Å². The summed E-state index contributed by atoms with van der Waals surface area (Å²) >= 11 is 6.04. The molecule has 0 saturated carbocycles. The lowest BCUT2D eigenvalue weighted by molar-refractivity contribution is 0.596. The lowest BCUT2D eigenvalue weighted by atomic mass is 9.98. The third kappa shape index (κ3) is 4.04. The van der Waals surface area contributed by atoms with Gasteiger partial charge in [-0.25, -0.2) is 0 Å². The van der Waals surface area contributed by atoms with Crippen LogP contribution < -0.4 is 5.32 Å². The van der Waals surface area contributed by atoms with Crippen molar-refractivity contribution in [3.05, 3.63) is 67.7 Å². The predicted molar refractivity (Wildman–Crippen MR) is 93.4 cm³/mol. The van der Waals surface area contributed by atoms with E-state index in [2.05, 4.69) is 99.3 Å². The van der Waals surface area contributed by atoms with Gasteiger partial charge in [-0.2, -0.15) is 0 Å². The van der Waals surface area contributed by atoms with Crippen LogP contribution in [-0.2, 0) is 0 Å². The summed E-state index contributed by atoms with van der Waals surface area (Å²) in [4.78, 5) is 0. The Kier molecular flexibility index (Phi) is 5.85.